The largest absolute Gasteiger partial charge is 0.388 e. The van der Waals surface area contributed by atoms with Gasteiger partial charge in [0.2, 0.25) is 0 Å². The molecule has 4 heteroatoms. The zero-order valence-corrected chi connectivity index (χ0v) is 12.3. The summed E-state index contributed by atoms with van der Waals surface area (Å²) < 4.78 is 2.21. The number of fused-ring (bicyclic) bond motifs is 1. The fourth-order valence-electron chi connectivity index (χ4n) is 2.52. The lowest BCUT2D eigenvalue weighted by atomic mass is 10.1. The number of aromatic nitrogens is 2. The number of imidazole rings is 1. The van der Waals surface area contributed by atoms with E-state index in [9.17, 15) is 0 Å². The molecule has 0 aliphatic heterocycles. The highest BCUT2D eigenvalue weighted by molar-refractivity contribution is 6.31. The van der Waals surface area contributed by atoms with Crippen LogP contribution in [0.15, 0.2) is 42.5 Å². The van der Waals surface area contributed by atoms with E-state index in [2.05, 4.69) is 28.9 Å². The summed E-state index contributed by atoms with van der Waals surface area (Å²) in [4.78, 5) is 4.76. The number of nitrogens with zero attached hydrogens (tertiary/aromatic N) is 2. The number of nitrogens with one attached hydrogen (secondary N) is 1. The Hall–Kier alpha value is -2.00. The molecule has 1 aromatic heterocycles. The second-order valence-electron chi connectivity index (χ2n) is 4.61. The van der Waals surface area contributed by atoms with E-state index in [1.165, 1.54) is 0 Å². The normalized spacial score (nSPS) is 10.9. The molecule has 0 atom stereocenters. The number of hydrogen-bond acceptors (Lipinski definition) is 2. The molecule has 0 bridgehead atoms. The van der Waals surface area contributed by atoms with Gasteiger partial charge in [0.1, 0.15) is 5.82 Å². The molecule has 3 aromatic rings. The first kappa shape index (κ1) is 13.0. The van der Waals surface area contributed by atoms with Gasteiger partial charge in [0.15, 0.2) is 0 Å². The van der Waals surface area contributed by atoms with Crippen LogP contribution in [0.4, 0.5) is 5.69 Å². The molecule has 0 radical (unpaired) electrons. The smallest absolute Gasteiger partial charge is 0.143 e. The maximum Gasteiger partial charge on any atom is 0.143 e. The van der Waals surface area contributed by atoms with Crippen molar-refractivity contribution in [1.82, 2.24) is 9.55 Å². The van der Waals surface area contributed by atoms with Crippen molar-refractivity contribution in [2.45, 2.75) is 13.5 Å². The summed E-state index contributed by atoms with van der Waals surface area (Å²) in [7, 11) is 1.93. The van der Waals surface area contributed by atoms with E-state index in [4.69, 9.17) is 16.6 Å². The van der Waals surface area contributed by atoms with Crippen molar-refractivity contribution in [2.24, 2.45) is 0 Å². The van der Waals surface area contributed by atoms with Gasteiger partial charge in [-0.25, -0.2) is 4.98 Å². The highest BCUT2D eigenvalue weighted by Crippen LogP contribution is 2.31. The van der Waals surface area contributed by atoms with Gasteiger partial charge in [-0.2, -0.15) is 0 Å². The van der Waals surface area contributed by atoms with E-state index in [1.54, 1.807) is 0 Å². The van der Waals surface area contributed by atoms with Gasteiger partial charge in [0, 0.05) is 29.9 Å². The third kappa shape index (κ3) is 2.04. The van der Waals surface area contributed by atoms with Crippen molar-refractivity contribution in [2.75, 3.05) is 12.4 Å². The minimum absolute atomic E-state index is 0.715. The molecule has 1 N–H and O–H groups in total. The Morgan fingerprint density at radius 3 is 2.75 bits per heavy atom. The Labute approximate surface area is 123 Å². The van der Waals surface area contributed by atoms with Crippen LogP contribution in [0.2, 0.25) is 5.02 Å². The molecule has 102 valence electrons. The Bertz CT molecular complexity index is 762. The molecule has 1 heterocycles. The van der Waals surface area contributed by atoms with Gasteiger partial charge in [-0.05, 0) is 37.3 Å². The summed E-state index contributed by atoms with van der Waals surface area (Å²) in [5.41, 5.74) is 4.21. The molecule has 0 amide bonds. The van der Waals surface area contributed by atoms with Crippen molar-refractivity contribution in [3.8, 4) is 11.4 Å². The van der Waals surface area contributed by atoms with Gasteiger partial charge >= 0.3 is 0 Å². The van der Waals surface area contributed by atoms with E-state index in [0.717, 1.165) is 34.7 Å². The Kier molecular flexibility index (Phi) is 3.36. The Morgan fingerprint density at radius 2 is 2.00 bits per heavy atom. The molecular formula is C16H16ClN3. The highest BCUT2D eigenvalue weighted by Gasteiger charge is 2.14. The number of benzene rings is 2. The molecule has 0 aliphatic carbocycles. The molecule has 0 aliphatic rings. The standard InChI is InChI=1S/C16H16ClN3/c1-3-20-15-9-8-11(17)10-14(15)19-16(20)12-6-4-5-7-13(12)18-2/h4-10,18H,3H2,1-2H3. The molecule has 3 nitrogen and oxygen atoms in total. The van der Waals surface area contributed by atoms with Crippen molar-refractivity contribution < 1.29 is 0 Å². The molecule has 0 saturated carbocycles. The van der Waals surface area contributed by atoms with Gasteiger partial charge < -0.3 is 9.88 Å². The molecule has 0 fully saturated rings. The van der Waals surface area contributed by atoms with Crippen molar-refractivity contribution in [1.29, 1.82) is 0 Å². The zero-order valence-electron chi connectivity index (χ0n) is 11.5. The summed E-state index contributed by atoms with van der Waals surface area (Å²) in [5.74, 6) is 0.967. The van der Waals surface area contributed by atoms with Crippen molar-refractivity contribution in [3.63, 3.8) is 0 Å². The third-order valence-electron chi connectivity index (χ3n) is 3.46. The van der Waals surface area contributed by atoms with Gasteiger partial charge in [-0.15, -0.1) is 0 Å². The number of rotatable bonds is 3. The minimum atomic E-state index is 0.715. The van der Waals surface area contributed by atoms with E-state index in [0.29, 0.717) is 5.02 Å². The van der Waals surface area contributed by atoms with E-state index in [-0.39, 0.29) is 0 Å². The lowest BCUT2D eigenvalue weighted by Crippen LogP contribution is -2.00. The Morgan fingerprint density at radius 1 is 1.20 bits per heavy atom. The molecule has 3 rings (SSSR count). The quantitative estimate of drug-likeness (QED) is 0.772. The fraction of sp³-hybridized carbons (Fsp3) is 0.188. The molecule has 0 saturated heterocycles. The van der Waals surface area contributed by atoms with Gasteiger partial charge in [0.05, 0.1) is 11.0 Å². The number of halogens is 1. The van der Waals surface area contributed by atoms with E-state index < -0.39 is 0 Å². The van der Waals surface area contributed by atoms with Crippen LogP contribution in [-0.4, -0.2) is 16.6 Å². The predicted molar refractivity (Wildman–Crippen MR) is 85.4 cm³/mol. The maximum absolute atomic E-state index is 6.07. The lowest BCUT2D eigenvalue weighted by Gasteiger charge is -2.10. The summed E-state index contributed by atoms with van der Waals surface area (Å²) in [6.07, 6.45) is 0. The monoisotopic (exact) mass is 285 g/mol. The molecule has 20 heavy (non-hydrogen) atoms. The number of aryl methyl sites for hydroxylation is 1. The molecule has 0 spiro atoms. The topological polar surface area (TPSA) is 29.9 Å². The zero-order chi connectivity index (χ0) is 14.1. The second kappa shape index (κ2) is 5.17. The van der Waals surface area contributed by atoms with Crippen LogP contribution in [0.5, 0.6) is 0 Å². The number of hydrogen-bond donors (Lipinski definition) is 1. The average Bonchev–Trinajstić information content (AvgIpc) is 2.84. The Balaban J connectivity index is 2.30. The van der Waals surface area contributed by atoms with Crippen LogP contribution in [0.3, 0.4) is 0 Å². The molecule has 0 unspecified atom stereocenters. The van der Waals surface area contributed by atoms with Crippen LogP contribution in [0.25, 0.3) is 22.4 Å². The molecular weight excluding hydrogens is 270 g/mol. The van der Waals surface area contributed by atoms with E-state index in [1.807, 2.05) is 37.4 Å². The first-order chi connectivity index (χ1) is 9.74. The second-order valence-corrected chi connectivity index (χ2v) is 5.04. The fourth-order valence-corrected chi connectivity index (χ4v) is 2.69. The average molecular weight is 286 g/mol. The van der Waals surface area contributed by atoms with E-state index >= 15 is 0 Å². The first-order valence-corrected chi connectivity index (χ1v) is 7.05. The summed E-state index contributed by atoms with van der Waals surface area (Å²) in [6, 6.07) is 14.0. The van der Waals surface area contributed by atoms with Crippen LogP contribution in [0.1, 0.15) is 6.92 Å². The predicted octanol–water partition coefficient (Wildman–Crippen LogP) is 4.42. The summed E-state index contributed by atoms with van der Waals surface area (Å²) in [5, 5.41) is 3.94. The van der Waals surface area contributed by atoms with Crippen LogP contribution >= 0.6 is 11.6 Å². The minimum Gasteiger partial charge on any atom is -0.388 e. The van der Waals surface area contributed by atoms with Crippen LogP contribution in [-0.2, 0) is 6.54 Å². The van der Waals surface area contributed by atoms with Crippen molar-refractivity contribution in [3.05, 3.63) is 47.5 Å². The lowest BCUT2D eigenvalue weighted by molar-refractivity contribution is 0.796. The highest BCUT2D eigenvalue weighted by atomic mass is 35.5. The summed E-state index contributed by atoms with van der Waals surface area (Å²) >= 11 is 6.07. The maximum atomic E-state index is 6.07. The van der Waals surface area contributed by atoms with Gasteiger partial charge in [0.25, 0.3) is 0 Å². The number of anilines is 1. The molecule has 2 aromatic carbocycles. The van der Waals surface area contributed by atoms with Crippen LogP contribution in [0, 0.1) is 0 Å². The number of para-hydroxylation sites is 1. The SMILES string of the molecule is CCn1c(-c2ccccc2NC)nc2cc(Cl)ccc21. The van der Waals surface area contributed by atoms with Gasteiger partial charge in [-0.3, -0.25) is 0 Å². The van der Waals surface area contributed by atoms with Gasteiger partial charge in [-0.1, -0.05) is 23.7 Å². The van der Waals surface area contributed by atoms with Crippen LogP contribution < -0.4 is 5.32 Å². The van der Waals surface area contributed by atoms with Crippen molar-refractivity contribution >= 4 is 28.3 Å². The summed E-state index contributed by atoms with van der Waals surface area (Å²) in [6.45, 7) is 2.99. The first-order valence-electron chi connectivity index (χ1n) is 6.67. The third-order valence-corrected chi connectivity index (χ3v) is 3.70.